The average molecular weight is 593 g/mol. The van der Waals surface area contributed by atoms with E-state index in [9.17, 15) is 25.5 Å². The summed E-state index contributed by atoms with van der Waals surface area (Å²) in [5.74, 6) is 1.42. The highest BCUT2D eigenvalue weighted by atomic mass is 16.7. The summed E-state index contributed by atoms with van der Waals surface area (Å²) in [5.41, 5.74) is 1.04. The standard InChI is InChI=1S/C33H52O9/c1-16-7-10-33(39-15-16)17(2)26-23(42-33)12-22-20-6-5-18-11-19(35)8-9-31(18,3)21(20)13-25(32(22,26)4)41-30-29(38)28(37)27(36)24(14-34)40-30/h5,16-17,19-30,34-38H,6-15H2,1-4H3/t16-,17+,19+,20-,21+,22+,23+,24-,25+,26+,27+,28+,29-,30+,31+,32-,33-/m1/s1. The van der Waals surface area contributed by atoms with Crippen molar-refractivity contribution in [3.05, 3.63) is 11.6 Å². The first-order valence-corrected chi connectivity index (χ1v) is 16.6. The van der Waals surface area contributed by atoms with Gasteiger partial charge in [-0.2, -0.15) is 0 Å². The van der Waals surface area contributed by atoms with Crippen LogP contribution in [0.15, 0.2) is 11.6 Å². The van der Waals surface area contributed by atoms with Gasteiger partial charge < -0.3 is 44.5 Å². The van der Waals surface area contributed by atoms with E-state index in [0.29, 0.717) is 30.3 Å². The van der Waals surface area contributed by atoms with E-state index in [2.05, 4.69) is 33.8 Å². The summed E-state index contributed by atoms with van der Waals surface area (Å²) in [6.07, 6.45) is 2.49. The van der Waals surface area contributed by atoms with Gasteiger partial charge in [-0.05, 0) is 74.0 Å². The van der Waals surface area contributed by atoms with Gasteiger partial charge in [-0.25, -0.2) is 0 Å². The molecule has 238 valence electrons. The van der Waals surface area contributed by atoms with Crippen molar-refractivity contribution in [1.82, 2.24) is 0 Å². The molecule has 9 heteroatoms. The van der Waals surface area contributed by atoms with E-state index in [1.54, 1.807) is 0 Å². The molecule has 9 nitrogen and oxygen atoms in total. The predicted octanol–water partition coefficient (Wildman–Crippen LogP) is 2.51. The van der Waals surface area contributed by atoms with Crippen molar-refractivity contribution in [2.45, 2.75) is 134 Å². The summed E-state index contributed by atoms with van der Waals surface area (Å²) in [4.78, 5) is 0. The summed E-state index contributed by atoms with van der Waals surface area (Å²) in [6, 6.07) is 0. The Kier molecular flexibility index (Phi) is 7.48. The Bertz CT molecular complexity index is 1060. The number of fused-ring (bicyclic) bond motifs is 7. The number of allylic oxidation sites excluding steroid dienone is 1. The van der Waals surface area contributed by atoms with E-state index in [1.807, 2.05) is 0 Å². The van der Waals surface area contributed by atoms with Gasteiger partial charge in [0.15, 0.2) is 12.1 Å². The molecule has 0 aromatic heterocycles. The van der Waals surface area contributed by atoms with Crippen LogP contribution in [0.25, 0.3) is 0 Å². The lowest BCUT2D eigenvalue weighted by Gasteiger charge is -2.61. The van der Waals surface area contributed by atoms with Gasteiger partial charge in [0, 0.05) is 23.7 Å². The quantitative estimate of drug-likeness (QED) is 0.313. The molecule has 0 aromatic carbocycles. The zero-order valence-corrected chi connectivity index (χ0v) is 25.6. The Morgan fingerprint density at radius 2 is 1.76 bits per heavy atom. The summed E-state index contributed by atoms with van der Waals surface area (Å²) in [6.45, 7) is 9.46. The minimum Gasteiger partial charge on any atom is -0.394 e. The van der Waals surface area contributed by atoms with E-state index in [1.165, 1.54) is 5.57 Å². The van der Waals surface area contributed by atoms with Gasteiger partial charge in [-0.15, -0.1) is 0 Å². The molecule has 3 saturated carbocycles. The van der Waals surface area contributed by atoms with Crippen molar-refractivity contribution in [3.63, 3.8) is 0 Å². The third-order valence-electron chi connectivity index (χ3n) is 13.6. The van der Waals surface area contributed by atoms with Crippen LogP contribution in [-0.2, 0) is 18.9 Å². The minimum atomic E-state index is -1.48. The SMILES string of the molecule is C[C@@H]1CC[C@@]2(OC1)O[C@H]1C[C@H]3[C@@H]4CC=C5C[C@@H](O)CC[C@]5(C)[C@H]4C[C@H](O[C@@H]4O[C@H](CO)[C@H](O)[C@H](O)[C@H]4O)[C@]3(C)[C@H]1[C@@H]2C. The Morgan fingerprint density at radius 3 is 2.48 bits per heavy atom. The third-order valence-corrected chi connectivity index (χ3v) is 13.6. The van der Waals surface area contributed by atoms with Crippen molar-refractivity contribution in [2.75, 3.05) is 13.2 Å². The van der Waals surface area contributed by atoms with Gasteiger partial charge in [0.1, 0.15) is 24.4 Å². The van der Waals surface area contributed by atoms with Crippen LogP contribution in [-0.4, -0.2) is 93.6 Å². The van der Waals surface area contributed by atoms with E-state index in [4.69, 9.17) is 18.9 Å². The normalized spacial score (nSPS) is 59.0. The van der Waals surface area contributed by atoms with Crippen LogP contribution in [0.4, 0.5) is 0 Å². The lowest BCUT2D eigenvalue weighted by Crippen LogP contribution is -2.63. The van der Waals surface area contributed by atoms with Gasteiger partial charge in [0.25, 0.3) is 0 Å². The van der Waals surface area contributed by atoms with Crippen molar-refractivity contribution < 1.29 is 44.5 Å². The van der Waals surface area contributed by atoms with Crippen molar-refractivity contribution >= 4 is 0 Å². The molecule has 4 aliphatic carbocycles. The maximum atomic E-state index is 11.0. The van der Waals surface area contributed by atoms with Crippen LogP contribution >= 0.6 is 0 Å². The van der Waals surface area contributed by atoms with Gasteiger partial charge in [-0.3, -0.25) is 0 Å². The summed E-state index contributed by atoms with van der Waals surface area (Å²) < 4.78 is 26.3. The van der Waals surface area contributed by atoms with Crippen LogP contribution in [0.3, 0.4) is 0 Å². The first kappa shape index (κ1) is 30.1. The molecule has 3 saturated heterocycles. The first-order valence-electron chi connectivity index (χ1n) is 16.6. The number of aliphatic hydroxyl groups excluding tert-OH is 5. The molecular weight excluding hydrogens is 540 g/mol. The van der Waals surface area contributed by atoms with E-state index >= 15 is 0 Å². The molecule has 0 amide bonds. The van der Waals surface area contributed by atoms with E-state index in [0.717, 1.165) is 51.4 Å². The van der Waals surface area contributed by atoms with Gasteiger partial charge in [0.2, 0.25) is 0 Å². The average Bonchev–Trinajstić information content (AvgIpc) is 3.41. The Hall–Kier alpha value is -0.620. The predicted molar refractivity (Wildman–Crippen MR) is 152 cm³/mol. The lowest BCUT2D eigenvalue weighted by atomic mass is 9.46. The molecule has 3 aliphatic heterocycles. The second-order valence-corrected chi connectivity index (χ2v) is 15.6. The maximum absolute atomic E-state index is 11.0. The highest BCUT2D eigenvalue weighted by Crippen LogP contribution is 2.71. The maximum Gasteiger partial charge on any atom is 0.186 e. The van der Waals surface area contributed by atoms with Gasteiger partial charge >= 0.3 is 0 Å². The van der Waals surface area contributed by atoms with E-state index < -0.39 is 43.1 Å². The van der Waals surface area contributed by atoms with Crippen LogP contribution in [0, 0.1) is 46.3 Å². The number of aliphatic hydroxyl groups is 5. The molecule has 6 fully saturated rings. The van der Waals surface area contributed by atoms with Crippen LogP contribution in [0.1, 0.15) is 79.1 Å². The van der Waals surface area contributed by atoms with E-state index in [-0.39, 0.29) is 41.0 Å². The zero-order chi connectivity index (χ0) is 29.8. The number of rotatable bonds is 3. The molecule has 17 atom stereocenters. The monoisotopic (exact) mass is 592 g/mol. The molecule has 1 spiro atoms. The molecule has 5 N–H and O–H groups in total. The van der Waals surface area contributed by atoms with Crippen molar-refractivity contribution in [2.24, 2.45) is 46.3 Å². The van der Waals surface area contributed by atoms with Gasteiger partial charge in [-0.1, -0.05) is 39.3 Å². The molecule has 0 bridgehead atoms. The second kappa shape index (κ2) is 10.5. The van der Waals surface area contributed by atoms with Gasteiger partial charge in [0.05, 0.1) is 31.5 Å². The number of hydrogen-bond donors (Lipinski definition) is 5. The first-order chi connectivity index (χ1) is 19.9. The topological polar surface area (TPSA) is 138 Å². The van der Waals surface area contributed by atoms with Crippen LogP contribution in [0.2, 0.25) is 0 Å². The largest absolute Gasteiger partial charge is 0.394 e. The highest BCUT2D eigenvalue weighted by molar-refractivity contribution is 5.27. The Morgan fingerprint density at radius 1 is 0.976 bits per heavy atom. The number of hydrogen-bond acceptors (Lipinski definition) is 9. The molecule has 0 unspecified atom stereocenters. The molecule has 3 heterocycles. The summed E-state index contributed by atoms with van der Waals surface area (Å²) in [7, 11) is 0. The fraction of sp³-hybridized carbons (Fsp3) is 0.939. The molecular formula is C33H52O9. The minimum absolute atomic E-state index is 0.0333. The van der Waals surface area contributed by atoms with Crippen molar-refractivity contribution in [1.29, 1.82) is 0 Å². The molecule has 42 heavy (non-hydrogen) atoms. The van der Waals surface area contributed by atoms with Crippen LogP contribution in [0.5, 0.6) is 0 Å². The molecule has 7 aliphatic rings. The molecule has 7 rings (SSSR count). The zero-order valence-electron chi connectivity index (χ0n) is 25.6. The Labute approximate surface area is 249 Å². The van der Waals surface area contributed by atoms with Crippen LogP contribution < -0.4 is 0 Å². The van der Waals surface area contributed by atoms with Crippen molar-refractivity contribution in [3.8, 4) is 0 Å². The second-order valence-electron chi connectivity index (χ2n) is 15.6. The molecule has 0 aromatic rings. The lowest BCUT2D eigenvalue weighted by molar-refractivity contribution is -0.331. The fourth-order valence-corrected chi connectivity index (χ4v) is 11.1. The Balaban J connectivity index is 1.25. The molecule has 0 radical (unpaired) electrons. The third kappa shape index (κ3) is 4.21. The number of ether oxygens (including phenoxy) is 4. The fourth-order valence-electron chi connectivity index (χ4n) is 11.1. The highest BCUT2D eigenvalue weighted by Gasteiger charge is 2.72. The summed E-state index contributed by atoms with van der Waals surface area (Å²) >= 11 is 0. The smallest absolute Gasteiger partial charge is 0.186 e. The summed E-state index contributed by atoms with van der Waals surface area (Å²) in [5, 5.41) is 52.4.